The fraction of sp³-hybridized carbons (Fsp3) is 0.568. The van der Waals surface area contributed by atoms with Crippen LogP contribution in [0.4, 0.5) is 0 Å². The number of Topliss-reactive ketones (excluding diaryl/α,β-unsaturated/α-hetero) is 2. The molecule has 2 N–H and O–H groups in total. The van der Waals surface area contributed by atoms with Gasteiger partial charge in [0, 0.05) is 48.1 Å². The molecule has 4 aliphatic rings. The molecule has 0 radical (unpaired) electrons. The molecule has 3 heterocycles. The van der Waals surface area contributed by atoms with E-state index in [4.69, 9.17) is 23.7 Å². The highest BCUT2D eigenvalue weighted by Crippen LogP contribution is 2.64. The average Bonchev–Trinajstić information content (AvgIpc) is 3.28. The van der Waals surface area contributed by atoms with E-state index in [2.05, 4.69) is 38.2 Å². The Bertz CT molecular complexity index is 1840. The Labute approximate surface area is 320 Å². The van der Waals surface area contributed by atoms with Gasteiger partial charge in [-0.2, -0.15) is 0 Å². The number of methoxy groups -OCH3 is 1. The van der Waals surface area contributed by atoms with Gasteiger partial charge >= 0.3 is 5.97 Å². The van der Waals surface area contributed by atoms with E-state index in [1.807, 2.05) is 46.8 Å². The molecule has 1 spiro atoms. The monoisotopic (exact) mass is 745 g/mol. The lowest BCUT2D eigenvalue weighted by atomic mass is 9.58. The largest absolute Gasteiger partial charge is 0.491 e. The molecule has 1 aromatic rings. The first-order valence-corrected chi connectivity index (χ1v) is 19.2. The summed E-state index contributed by atoms with van der Waals surface area (Å²) in [5.74, 6) is -1.01. The second-order valence-corrected chi connectivity index (χ2v) is 16.4. The number of aliphatic hydroxyl groups is 1. The predicted octanol–water partition coefficient (Wildman–Crippen LogP) is 7.22. The van der Waals surface area contributed by atoms with Crippen LogP contribution in [0.25, 0.3) is 6.08 Å². The second-order valence-electron chi connectivity index (χ2n) is 16.4. The van der Waals surface area contributed by atoms with Gasteiger partial charge in [0.1, 0.15) is 35.0 Å². The maximum atomic E-state index is 15.5. The number of aliphatic hydroxyl groups excluding tert-OH is 1. The van der Waals surface area contributed by atoms with Crippen LogP contribution in [0.3, 0.4) is 0 Å². The fourth-order valence-electron chi connectivity index (χ4n) is 8.28. The molecular formula is C44H59NO9. The lowest BCUT2D eigenvalue weighted by molar-refractivity contribution is -0.169. The number of carbonyl (C=O) groups excluding carboxylic acids is 3. The molecule has 5 unspecified atom stereocenters. The number of hydrogen-bond acceptors (Lipinski definition) is 10. The lowest BCUT2D eigenvalue weighted by Gasteiger charge is -2.52. The third-order valence-electron chi connectivity index (χ3n) is 11.4. The van der Waals surface area contributed by atoms with Crippen molar-refractivity contribution < 1.29 is 43.2 Å². The number of hydrogen-bond donors (Lipinski definition) is 2. The number of nitrogens with one attached hydrogen (secondary N) is 1. The molecule has 0 saturated carbocycles. The molecule has 1 saturated heterocycles. The summed E-state index contributed by atoms with van der Waals surface area (Å²) in [6, 6.07) is 0. The SMILES string of the molecule is COC(=O)/C(C)=C\CC12OC(C)(C)C(C)C13Oc1c(CC=C(C)C)c4c(c(OCCNCCO)c1C(=O)C3=CC(C)C2=O)C=CC(C)(CCC=C(C)C)O4. The summed E-state index contributed by atoms with van der Waals surface area (Å²) in [5.41, 5.74) is -0.219. The highest BCUT2D eigenvalue weighted by molar-refractivity contribution is 6.18. The first-order valence-electron chi connectivity index (χ1n) is 19.2. The molecule has 3 aliphatic heterocycles. The van der Waals surface area contributed by atoms with Gasteiger partial charge in [0.15, 0.2) is 22.8 Å². The van der Waals surface area contributed by atoms with E-state index in [9.17, 15) is 14.7 Å². The van der Waals surface area contributed by atoms with Gasteiger partial charge in [0.05, 0.1) is 24.9 Å². The van der Waals surface area contributed by atoms with Crippen molar-refractivity contribution in [2.45, 2.75) is 117 Å². The Balaban J connectivity index is 1.82. The maximum Gasteiger partial charge on any atom is 0.333 e. The molecule has 10 nitrogen and oxygen atoms in total. The number of rotatable bonds is 14. The Morgan fingerprint density at radius 1 is 0.981 bits per heavy atom. The molecule has 10 heteroatoms. The molecule has 1 aromatic carbocycles. The van der Waals surface area contributed by atoms with Crippen molar-refractivity contribution in [1.82, 2.24) is 5.32 Å². The van der Waals surface area contributed by atoms with Crippen molar-refractivity contribution in [2.24, 2.45) is 11.8 Å². The Hall–Kier alpha value is -3.99. The maximum absolute atomic E-state index is 15.5. The van der Waals surface area contributed by atoms with Gasteiger partial charge in [-0.05, 0) is 86.8 Å². The van der Waals surface area contributed by atoms with Gasteiger partial charge in [-0.3, -0.25) is 9.59 Å². The summed E-state index contributed by atoms with van der Waals surface area (Å²) in [7, 11) is 1.31. The minimum absolute atomic E-state index is 0.0133. The minimum Gasteiger partial charge on any atom is -0.491 e. The van der Waals surface area contributed by atoms with Gasteiger partial charge in [-0.25, -0.2) is 4.79 Å². The molecular weight excluding hydrogens is 686 g/mol. The number of fused-ring (bicyclic) bond motifs is 2. The zero-order chi connectivity index (χ0) is 39.8. The lowest BCUT2D eigenvalue weighted by Crippen LogP contribution is -2.68. The summed E-state index contributed by atoms with van der Waals surface area (Å²) in [6.07, 6.45) is 13.6. The molecule has 294 valence electrons. The van der Waals surface area contributed by atoms with Crippen LogP contribution in [0.5, 0.6) is 17.2 Å². The van der Waals surface area contributed by atoms with Crippen LogP contribution in [0.1, 0.15) is 110 Å². The van der Waals surface area contributed by atoms with E-state index in [0.29, 0.717) is 65.5 Å². The van der Waals surface area contributed by atoms with E-state index in [1.165, 1.54) is 12.7 Å². The number of ether oxygens (including phenoxy) is 5. The average molecular weight is 746 g/mol. The van der Waals surface area contributed by atoms with Crippen LogP contribution >= 0.6 is 0 Å². The number of benzene rings is 1. The van der Waals surface area contributed by atoms with Crippen LogP contribution in [0.15, 0.2) is 52.7 Å². The van der Waals surface area contributed by atoms with E-state index >= 15 is 4.79 Å². The molecule has 54 heavy (non-hydrogen) atoms. The second kappa shape index (κ2) is 15.6. The zero-order valence-corrected chi connectivity index (χ0v) is 34.0. The highest BCUT2D eigenvalue weighted by Gasteiger charge is 2.77. The van der Waals surface area contributed by atoms with Gasteiger partial charge < -0.3 is 34.1 Å². The van der Waals surface area contributed by atoms with E-state index in [1.54, 1.807) is 26.0 Å². The fourth-order valence-corrected chi connectivity index (χ4v) is 8.28. The van der Waals surface area contributed by atoms with Gasteiger partial charge in [-0.1, -0.05) is 49.3 Å². The summed E-state index contributed by atoms with van der Waals surface area (Å²) < 4.78 is 32.9. The molecule has 0 amide bonds. The third-order valence-corrected chi connectivity index (χ3v) is 11.4. The highest BCUT2D eigenvalue weighted by atomic mass is 16.6. The topological polar surface area (TPSA) is 130 Å². The summed E-state index contributed by atoms with van der Waals surface area (Å²) in [6.45, 7) is 20.5. The molecule has 0 aromatic heterocycles. The first kappa shape index (κ1) is 41.2. The van der Waals surface area contributed by atoms with E-state index in [0.717, 1.165) is 12.0 Å². The van der Waals surface area contributed by atoms with Crippen LogP contribution in [-0.2, 0) is 25.5 Å². The molecule has 0 bridgehead atoms. The molecule has 1 aliphatic carbocycles. The predicted molar refractivity (Wildman–Crippen MR) is 209 cm³/mol. The number of ketones is 2. The number of carbonyl (C=O) groups is 3. The summed E-state index contributed by atoms with van der Waals surface area (Å²) in [4.78, 5) is 42.8. The van der Waals surface area contributed by atoms with Gasteiger partial charge in [0.2, 0.25) is 0 Å². The number of allylic oxidation sites excluding steroid dienone is 5. The third kappa shape index (κ3) is 7.13. The van der Waals surface area contributed by atoms with Crippen molar-refractivity contribution in [3.05, 3.63) is 69.4 Å². The van der Waals surface area contributed by atoms with Crippen molar-refractivity contribution in [3.63, 3.8) is 0 Å². The van der Waals surface area contributed by atoms with Crippen molar-refractivity contribution >= 4 is 23.6 Å². The van der Waals surface area contributed by atoms with Gasteiger partial charge in [-0.15, -0.1) is 0 Å². The Morgan fingerprint density at radius 3 is 2.33 bits per heavy atom. The number of esters is 1. The Kier molecular flexibility index (Phi) is 11.9. The summed E-state index contributed by atoms with van der Waals surface area (Å²) in [5, 5.41) is 12.5. The van der Waals surface area contributed by atoms with E-state index < -0.39 is 40.2 Å². The molecule has 5 rings (SSSR count). The van der Waals surface area contributed by atoms with Crippen LogP contribution < -0.4 is 19.5 Å². The van der Waals surface area contributed by atoms with Crippen LogP contribution in [0.2, 0.25) is 0 Å². The Morgan fingerprint density at radius 2 is 1.69 bits per heavy atom. The zero-order valence-electron chi connectivity index (χ0n) is 34.0. The van der Waals surface area contributed by atoms with Crippen LogP contribution in [-0.4, -0.2) is 78.5 Å². The van der Waals surface area contributed by atoms with Crippen molar-refractivity contribution in [1.29, 1.82) is 0 Å². The van der Waals surface area contributed by atoms with Crippen molar-refractivity contribution in [2.75, 3.05) is 33.4 Å². The standard InChI is InChI=1S/C44H59NO9/c1-26(2)13-12-18-42(10)19-17-32-36(52-42)31(15-14-27(3)4)38-34(37(32)51-24-22-45-21-23-46)35(47)33-25-29(6)39(48)43(20-16-28(5)40(49)50-11)44(33,53-38)30(7)41(8,9)54-43/h13-14,16-17,19,25,29-30,45-46H,12,15,18,20-24H2,1-11H3/b28-16-. The smallest absolute Gasteiger partial charge is 0.333 e. The quantitative estimate of drug-likeness (QED) is 0.0872. The normalized spacial score (nSPS) is 27.7. The molecule has 5 atom stereocenters. The van der Waals surface area contributed by atoms with Gasteiger partial charge in [0.25, 0.3) is 0 Å². The van der Waals surface area contributed by atoms with Crippen molar-refractivity contribution in [3.8, 4) is 17.2 Å². The summed E-state index contributed by atoms with van der Waals surface area (Å²) >= 11 is 0. The van der Waals surface area contributed by atoms with Crippen LogP contribution in [0, 0.1) is 11.8 Å². The minimum atomic E-state index is -1.65. The van der Waals surface area contributed by atoms with E-state index in [-0.39, 0.29) is 36.8 Å². The first-order chi connectivity index (χ1) is 25.4. The molecule has 1 fully saturated rings.